The molecule has 106 heavy (non-hydrogen) atoms. The number of phosphoric ester groups is 2. The topological polar surface area (TPSA) is 237 Å². The lowest BCUT2D eigenvalue weighted by atomic mass is 10.0. The highest BCUT2D eigenvalue weighted by atomic mass is 31.2. The van der Waals surface area contributed by atoms with Gasteiger partial charge in [0.25, 0.3) is 0 Å². The highest BCUT2D eigenvalue weighted by Gasteiger charge is 2.30. The predicted octanol–water partition coefficient (Wildman–Crippen LogP) is 26.3. The van der Waals surface area contributed by atoms with Crippen LogP contribution in [-0.2, 0) is 65.4 Å². The zero-order chi connectivity index (χ0) is 77.6. The Labute approximate surface area is 650 Å². The zero-order valence-corrected chi connectivity index (χ0v) is 70.9. The van der Waals surface area contributed by atoms with E-state index in [4.69, 9.17) is 37.0 Å². The van der Waals surface area contributed by atoms with Crippen LogP contribution >= 0.6 is 15.6 Å². The number of aliphatic hydroxyl groups excluding tert-OH is 1. The molecule has 0 saturated heterocycles. The molecule has 17 nitrogen and oxygen atoms in total. The molecule has 626 valence electrons. The first-order valence-electron chi connectivity index (χ1n) is 44.5. The predicted molar refractivity (Wildman–Crippen MR) is 437 cm³/mol. The zero-order valence-electron chi connectivity index (χ0n) is 69.1. The molecule has 0 bridgehead atoms. The van der Waals surface area contributed by atoms with Crippen molar-refractivity contribution in [2.45, 2.75) is 464 Å². The molecule has 19 heteroatoms. The number of allylic oxidation sites excluding steroid dienone is 4. The van der Waals surface area contributed by atoms with Crippen LogP contribution in [0.5, 0.6) is 0 Å². The lowest BCUT2D eigenvalue weighted by Gasteiger charge is -2.21. The van der Waals surface area contributed by atoms with Crippen LogP contribution < -0.4 is 0 Å². The molecule has 0 fully saturated rings. The number of carbonyl (C=O) groups excluding carboxylic acids is 4. The molecule has 0 aliphatic heterocycles. The summed E-state index contributed by atoms with van der Waals surface area (Å²) in [6.07, 6.45) is 75.7. The van der Waals surface area contributed by atoms with Crippen molar-refractivity contribution in [2.24, 2.45) is 5.92 Å². The molecule has 0 heterocycles. The third-order valence-electron chi connectivity index (χ3n) is 19.9. The maximum absolute atomic E-state index is 13.2. The Balaban J connectivity index is 5.28. The summed E-state index contributed by atoms with van der Waals surface area (Å²) >= 11 is 0. The SMILES string of the molecule is CCCCCC/C=C\C=C/CCCCCCCC(=O)O[C@H](COC(=O)CCCCCCCCCCCCCCC)COP(=O)(O)OC[C@H](O)COP(=O)(O)OC[C@@H](COC(=O)CCCCCCCCCCCCCCCCC(C)C)OC(=O)CCCCCCCCCCCCCCCCCCCCCCC. The van der Waals surface area contributed by atoms with Crippen LogP contribution in [0.1, 0.15) is 446 Å². The summed E-state index contributed by atoms with van der Waals surface area (Å²) < 4.78 is 68.9. The Bertz CT molecular complexity index is 2110. The first-order valence-corrected chi connectivity index (χ1v) is 47.4. The van der Waals surface area contributed by atoms with E-state index in [-0.39, 0.29) is 25.7 Å². The van der Waals surface area contributed by atoms with Crippen LogP contribution in [0.3, 0.4) is 0 Å². The smallest absolute Gasteiger partial charge is 0.462 e. The van der Waals surface area contributed by atoms with Gasteiger partial charge in [-0.15, -0.1) is 0 Å². The fraction of sp³-hybridized carbons (Fsp3) is 0.908. The molecule has 0 spiro atoms. The number of phosphoric acid groups is 2. The minimum atomic E-state index is -4.97. The van der Waals surface area contributed by atoms with Gasteiger partial charge in [0.15, 0.2) is 12.2 Å². The van der Waals surface area contributed by atoms with Crippen LogP contribution in [-0.4, -0.2) is 96.7 Å². The monoisotopic (exact) mass is 1550 g/mol. The number of rotatable bonds is 85. The van der Waals surface area contributed by atoms with Gasteiger partial charge in [0.1, 0.15) is 19.3 Å². The summed E-state index contributed by atoms with van der Waals surface area (Å²) in [4.78, 5) is 73.3. The maximum atomic E-state index is 13.2. The first-order chi connectivity index (χ1) is 51.5. The van der Waals surface area contributed by atoms with Crippen molar-refractivity contribution in [3.8, 4) is 0 Å². The summed E-state index contributed by atoms with van der Waals surface area (Å²) in [5.74, 6) is -1.33. The fourth-order valence-corrected chi connectivity index (χ4v) is 14.7. The average Bonchev–Trinajstić information content (AvgIpc) is 0.902. The molecule has 0 rings (SSSR count). The minimum absolute atomic E-state index is 0.0859. The number of ether oxygens (including phenoxy) is 4. The molecule has 0 radical (unpaired) electrons. The number of unbranched alkanes of at least 4 members (excludes halogenated alkanes) is 54. The molecule has 0 aromatic heterocycles. The van der Waals surface area contributed by atoms with Gasteiger partial charge < -0.3 is 33.8 Å². The average molecular weight is 1550 g/mol. The molecule has 0 amide bonds. The standard InChI is InChI=1S/C87H166O17P2/c1-6-9-12-15-18-21-24-27-29-30-31-32-33-34-36-43-48-53-58-63-68-73-87(92)104-83(77-98-85(90)71-66-61-56-51-46-41-38-37-40-44-49-54-59-64-69-80(4)5)79-102-106(95,96)100-75-81(88)74-99-105(93,94)101-78-82(76-97-84(89)70-65-60-55-50-45-39-26-23-20-17-14-11-8-3)103-86(91)72-67-62-57-52-47-42-35-28-25-22-19-16-13-10-7-2/h22,25,28,35,80-83,88H,6-21,23-24,26-27,29-34,36-79H2,1-5H3,(H,93,94)(H,95,96)/b25-22-,35-28-/t81-,82+,83+/m0/s1. The van der Waals surface area contributed by atoms with Gasteiger partial charge in [0.2, 0.25) is 0 Å². The normalized spacial score (nSPS) is 13.9. The van der Waals surface area contributed by atoms with Crippen LogP contribution in [0.25, 0.3) is 0 Å². The van der Waals surface area contributed by atoms with Gasteiger partial charge in [-0.1, -0.05) is 393 Å². The van der Waals surface area contributed by atoms with Crippen molar-refractivity contribution in [1.29, 1.82) is 0 Å². The fourth-order valence-electron chi connectivity index (χ4n) is 13.1. The number of hydrogen-bond acceptors (Lipinski definition) is 15. The second-order valence-corrected chi connectivity index (χ2v) is 34.0. The van der Waals surface area contributed by atoms with Crippen molar-refractivity contribution in [2.75, 3.05) is 39.6 Å². The Hall–Kier alpha value is -2.46. The van der Waals surface area contributed by atoms with E-state index in [1.807, 2.05) is 0 Å². The van der Waals surface area contributed by atoms with Crippen molar-refractivity contribution in [3.05, 3.63) is 24.3 Å². The van der Waals surface area contributed by atoms with Gasteiger partial charge in [-0.05, 0) is 57.3 Å². The second-order valence-electron chi connectivity index (χ2n) is 31.1. The van der Waals surface area contributed by atoms with E-state index in [2.05, 4.69) is 58.9 Å². The molecule has 3 N–H and O–H groups in total. The summed E-state index contributed by atoms with van der Waals surface area (Å²) in [6, 6.07) is 0. The van der Waals surface area contributed by atoms with Crippen molar-refractivity contribution < 1.29 is 80.2 Å². The number of carbonyl (C=O) groups is 4. The Morgan fingerprint density at radius 3 is 0.774 bits per heavy atom. The van der Waals surface area contributed by atoms with Gasteiger partial charge in [0.05, 0.1) is 26.4 Å². The summed E-state index contributed by atoms with van der Waals surface area (Å²) in [6.45, 7) is 7.33. The number of aliphatic hydroxyl groups is 1. The molecule has 5 atom stereocenters. The van der Waals surface area contributed by atoms with Gasteiger partial charge >= 0.3 is 39.5 Å². The third kappa shape index (κ3) is 79.6. The molecule has 2 unspecified atom stereocenters. The lowest BCUT2D eigenvalue weighted by molar-refractivity contribution is -0.161. The van der Waals surface area contributed by atoms with Crippen LogP contribution in [0.15, 0.2) is 24.3 Å². The van der Waals surface area contributed by atoms with E-state index >= 15 is 0 Å². The maximum Gasteiger partial charge on any atom is 0.472 e. The van der Waals surface area contributed by atoms with Gasteiger partial charge in [-0.2, -0.15) is 0 Å². The highest BCUT2D eigenvalue weighted by molar-refractivity contribution is 7.47. The van der Waals surface area contributed by atoms with E-state index in [0.717, 1.165) is 109 Å². The quantitative estimate of drug-likeness (QED) is 0.0169. The molecular formula is C87H166O17P2. The molecule has 0 aromatic carbocycles. The van der Waals surface area contributed by atoms with E-state index in [0.29, 0.717) is 25.7 Å². The lowest BCUT2D eigenvalue weighted by Crippen LogP contribution is -2.30. The van der Waals surface area contributed by atoms with Gasteiger partial charge in [0, 0.05) is 25.7 Å². The van der Waals surface area contributed by atoms with Crippen LogP contribution in [0.4, 0.5) is 0 Å². The van der Waals surface area contributed by atoms with E-state index in [9.17, 15) is 43.2 Å². The van der Waals surface area contributed by atoms with Crippen molar-refractivity contribution in [3.63, 3.8) is 0 Å². The van der Waals surface area contributed by atoms with Crippen LogP contribution in [0.2, 0.25) is 0 Å². The van der Waals surface area contributed by atoms with E-state index in [1.165, 1.54) is 257 Å². The second kappa shape index (κ2) is 79.2. The van der Waals surface area contributed by atoms with E-state index < -0.39 is 97.5 Å². The third-order valence-corrected chi connectivity index (χ3v) is 21.8. The summed E-state index contributed by atoms with van der Waals surface area (Å²) in [5.41, 5.74) is 0. The van der Waals surface area contributed by atoms with Gasteiger partial charge in [-0.3, -0.25) is 37.3 Å². The van der Waals surface area contributed by atoms with E-state index in [1.54, 1.807) is 0 Å². The first kappa shape index (κ1) is 104. The summed E-state index contributed by atoms with van der Waals surface area (Å²) in [5, 5.41) is 10.7. The van der Waals surface area contributed by atoms with Crippen molar-refractivity contribution >= 4 is 39.5 Å². The number of esters is 4. The Kier molecular flexibility index (Phi) is 77.4. The summed E-state index contributed by atoms with van der Waals surface area (Å²) in [7, 11) is -9.94. The highest BCUT2D eigenvalue weighted by Crippen LogP contribution is 2.45. The molecule has 0 saturated carbocycles. The molecule has 0 aliphatic rings. The largest absolute Gasteiger partial charge is 0.472 e. The minimum Gasteiger partial charge on any atom is -0.462 e. The molecular weight excluding hydrogens is 1380 g/mol. The molecule has 0 aliphatic carbocycles. The Morgan fingerprint density at radius 1 is 0.292 bits per heavy atom. The van der Waals surface area contributed by atoms with Gasteiger partial charge in [-0.25, -0.2) is 9.13 Å². The van der Waals surface area contributed by atoms with Crippen LogP contribution in [0, 0.1) is 5.92 Å². The number of hydrogen-bond donors (Lipinski definition) is 3. The Morgan fingerprint density at radius 2 is 0.509 bits per heavy atom. The molecule has 0 aromatic rings. The van der Waals surface area contributed by atoms with Crippen molar-refractivity contribution in [1.82, 2.24) is 0 Å².